The van der Waals surface area contributed by atoms with Crippen LogP contribution in [0.4, 0.5) is 4.79 Å². The van der Waals surface area contributed by atoms with E-state index >= 15 is 0 Å². The van der Waals surface area contributed by atoms with Crippen molar-refractivity contribution < 1.29 is 33.8 Å². The summed E-state index contributed by atoms with van der Waals surface area (Å²) in [5.41, 5.74) is 5.11. The third-order valence-corrected chi connectivity index (χ3v) is 8.59. The van der Waals surface area contributed by atoms with Crippen LogP contribution in [-0.4, -0.2) is 77.9 Å². The van der Waals surface area contributed by atoms with Crippen molar-refractivity contribution in [2.45, 2.75) is 79.1 Å². The minimum absolute atomic E-state index is 0.0920. The molecule has 3 rings (SSSR count). The molecule has 0 aliphatic rings. The van der Waals surface area contributed by atoms with Gasteiger partial charge in [0.1, 0.15) is 6.04 Å². The largest absolute Gasteiger partial charge is 0.469 e. The van der Waals surface area contributed by atoms with E-state index in [2.05, 4.69) is 21.0 Å². The Labute approximate surface area is 301 Å². The second-order valence-corrected chi connectivity index (χ2v) is 14.8. The van der Waals surface area contributed by atoms with Crippen LogP contribution in [0.15, 0.2) is 79.0 Å². The maximum absolute atomic E-state index is 13.9. The Bertz CT molecular complexity index is 1570. The molecule has 4 atom stereocenters. The molecule has 12 heteroatoms. The number of benzene rings is 2. The Morgan fingerprint density at radius 3 is 1.98 bits per heavy atom. The van der Waals surface area contributed by atoms with Gasteiger partial charge in [-0.3, -0.25) is 24.8 Å². The van der Waals surface area contributed by atoms with Gasteiger partial charge in [0.05, 0.1) is 44.4 Å². The average molecular weight is 704 g/mol. The molecule has 0 bridgehead atoms. The van der Waals surface area contributed by atoms with Crippen LogP contribution in [0.1, 0.15) is 59.1 Å². The Hall–Kier alpha value is -4.81. The fourth-order valence-corrected chi connectivity index (χ4v) is 5.58. The van der Waals surface area contributed by atoms with Gasteiger partial charge >= 0.3 is 12.1 Å². The summed E-state index contributed by atoms with van der Waals surface area (Å²) >= 11 is 0. The molecule has 1 heterocycles. The number of alkyl carbamates (subject to hydrolysis) is 1. The monoisotopic (exact) mass is 703 g/mol. The van der Waals surface area contributed by atoms with Crippen LogP contribution in [0, 0.1) is 16.7 Å². The van der Waals surface area contributed by atoms with E-state index in [0.717, 1.165) is 22.4 Å². The molecule has 0 unspecified atom stereocenters. The summed E-state index contributed by atoms with van der Waals surface area (Å²) in [7, 11) is 2.50. The van der Waals surface area contributed by atoms with Crippen molar-refractivity contribution in [1.82, 2.24) is 26.1 Å². The van der Waals surface area contributed by atoms with E-state index in [1.807, 2.05) is 114 Å². The van der Waals surface area contributed by atoms with Gasteiger partial charge in [-0.2, -0.15) is 0 Å². The van der Waals surface area contributed by atoms with Gasteiger partial charge in [0.15, 0.2) is 0 Å². The molecule has 1 aromatic heterocycles. The molecule has 12 nitrogen and oxygen atoms in total. The molecule has 2 aromatic carbocycles. The zero-order valence-corrected chi connectivity index (χ0v) is 30.9. The quantitative estimate of drug-likeness (QED) is 0.130. The van der Waals surface area contributed by atoms with Crippen molar-refractivity contribution in [2.24, 2.45) is 16.7 Å². The summed E-state index contributed by atoms with van der Waals surface area (Å²) in [4.78, 5) is 56.5. The number of carbonyl (C=O) groups is 4. The number of hydrazine groups is 1. The zero-order chi connectivity index (χ0) is 37.8. The summed E-state index contributed by atoms with van der Waals surface area (Å²) in [6, 6.07) is 21.0. The average Bonchev–Trinajstić information content (AvgIpc) is 3.08. The summed E-state index contributed by atoms with van der Waals surface area (Å²) in [6.07, 6.45) is -0.101. The molecule has 0 radical (unpaired) electrons. The van der Waals surface area contributed by atoms with Gasteiger partial charge in [-0.1, -0.05) is 102 Å². The zero-order valence-electron chi connectivity index (χ0n) is 30.9. The normalized spacial score (nSPS) is 14.1. The van der Waals surface area contributed by atoms with E-state index in [-0.39, 0.29) is 25.9 Å². The number of nitrogens with one attached hydrogen (secondary N) is 3. The predicted molar refractivity (Wildman–Crippen MR) is 195 cm³/mol. The van der Waals surface area contributed by atoms with Crippen LogP contribution in [0.2, 0.25) is 0 Å². The number of aliphatic hydroxyl groups is 1. The highest BCUT2D eigenvalue weighted by Gasteiger charge is 2.37. The van der Waals surface area contributed by atoms with Crippen LogP contribution in [-0.2, 0) is 36.8 Å². The summed E-state index contributed by atoms with van der Waals surface area (Å²) < 4.78 is 9.65. The number of hydrogen-bond acceptors (Lipinski definition) is 9. The van der Waals surface area contributed by atoms with Crippen molar-refractivity contribution in [2.75, 3.05) is 20.8 Å². The molecule has 0 fully saturated rings. The molecule has 0 spiro atoms. The van der Waals surface area contributed by atoms with Gasteiger partial charge in [0.25, 0.3) is 0 Å². The van der Waals surface area contributed by atoms with Crippen LogP contribution < -0.4 is 16.1 Å². The van der Waals surface area contributed by atoms with Gasteiger partial charge in [0.2, 0.25) is 11.8 Å². The number of rotatable bonds is 15. The number of amides is 3. The molecular weight excluding hydrogens is 650 g/mol. The number of pyridine rings is 1. The Balaban J connectivity index is 1.96. The predicted octanol–water partition coefficient (Wildman–Crippen LogP) is 4.67. The highest BCUT2D eigenvalue weighted by molar-refractivity contribution is 5.86. The fraction of sp³-hybridized carbons (Fsp3) is 0.462. The molecule has 51 heavy (non-hydrogen) atoms. The van der Waals surface area contributed by atoms with Crippen molar-refractivity contribution in [3.8, 4) is 11.3 Å². The summed E-state index contributed by atoms with van der Waals surface area (Å²) in [5.74, 6) is -2.17. The molecule has 4 N–H and O–H groups in total. The van der Waals surface area contributed by atoms with Crippen molar-refractivity contribution >= 4 is 23.9 Å². The Kier molecular flexibility index (Phi) is 14.7. The minimum atomic E-state index is -1.20. The van der Waals surface area contributed by atoms with Crippen LogP contribution in [0.3, 0.4) is 0 Å². The summed E-state index contributed by atoms with van der Waals surface area (Å²) in [6.45, 7) is 11.1. The third-order valence-electron chi connectivity index (χ3n) is 8.59. The van der Waals surface area contributed by atoms with Gasteiger partial charge in [-0.15, -0.1) is 0 Å². The van der Waals surface area contributed by atoms with E-state index in [9.17, 15) is 24.3 Å². The highest BCUT2D eigenvalue weighted by atomic mass is 16.5. The van der Waals surface area contributed by atoms with E-state index in [1.165, 1.54) is 14.2 Å². The lowest BCUT2D eigenvalue weighted by Gasteiger charge is -2.35. The number of carbonyl (C=O) groups excluding carboxylic acids is 4. The molecule has 0 aliphatic carbocycles. The number of esters is 1. The Morgan fingerprint density at radius 2 is 1.43 bits per heavy atom. The minimum Gasteiger partial charge on any atom is -0.469 e. The van der Waals surface area contributed by atoms with Gasteiger partial charge in [-0.05, 0) is 40.5 Å². The van der Waals surface area contributed by atoms with Crippen LogP contribution in [0.25, 0.3) is 11.3 Å². The number of hydrogen-bond donors (Lipinski definition) is 4. The molecule has 276 valence electrons. The lowest BCUT2D eigenvalue weighted by atomic mass is 9.78. The van der Waals surface area contributed by atoms with E-state index in [0.29, 0.717) is 0 Å². The standard InChI is InChI=1S/C39H53N5O7/c1-38(2,3)29(23-33(46)50-7)35(47)43-44(24-27-17-19-28(20-18-27)30-16-12-13-21-40-30)25-32(45)31(22-26-14-10-9-11-15-26)41-36(48)34(39(4,5)6)42-37(49)51-8/h9-21,29,31-32,34,45H,22-25H2,1-8H3,(H,41,48)(H,42,49)(H,43,47)/t29-,31+,32+,34-/m1/s1. The molecule has 0 saturated heterocycles. The van der Waals surface area contributed by atoms with Crippen molar-refractivity contribution in [1.29, 1.82) is 0 Å². The summed E-state index contributed by atoms with van der Waals surface area (Å²) in [5, 5.41) is 19.0. The topological polar surface area (TPSA) is 159 Å². The third kappa shape index (κ3) is 12.8. The first-order valence-corrected chi connectivity index (χ1v) is 17.0. The molecule has 3 amide bonds. The van der Waals surface area contributed by atoms with Crippen molar-refractivity contribution in [3.05, 3.63) is 90.1 Å². The first-order valence-electron chi connectivity index (χ1n) is 17.0. The van der Waals surface area contributed by atoms with Crippen molar-refractivity contribution in [3.63, 3.8) is 0 Å². The van der Waals surface area contributed by atoms with Gasteiger partial charge in [-0.25, -0.2) is 9.80 Å². The Morgan fingerprint density at radius 1 is 0.784 bits per heavy atom. The second kappa shape index (κ2) is 18.4. The van der Waals surface area contributed by atoms with Gasteiger partial charge in [0, 0.05) is 24.8 Å². The van der Waals surface area contributed by atoms with Gasteiger partial charge < -0.3 is 25.2 Å². The molecule has 0 aliphatic heterocycles. The fourth-order valence-electron chi connectivity index (χ4n) is 5.58. The highest BCUT2D eigenvalue weighted by Crippen LogP contribution is 2.30. The number of ether oxygens (including phenoxy) is 2. The number of aliphatic hydroxyl groups excluding tert-OH is 1. The number of methoxy groups -OCH3 is 2. The lowest BCUT2D eigenvalue weighted by molar-refractivity contribution is -0.148. The first-order chi connectivity index (χ1) is 24.0. The maximum Gasteiger partial charge on any atom is 0.407 e. The van der Waals surface area contributed by atoms with Crippen LogP contribution in [0.5, 0.6) is 0 Å². The van der Waals surface area contributed by atoms with Crippen LogP contribution >= 0.6 is 0 Å². The molecule has 3 aromatic rings. The van der Waals surface area contributed by atoms with E-state index in [4.69, 9.17) is 9.47 Å². The second-order valence-electron chi connectivity index (χ2n) is 14.8. The lowest BCUT2D eigenvalue weighted by Crippen LogP contribution is -2.59. The SMILES string of the molecule is COC(=O)C[C@H](C(=O)NN(Cc1ccc(-c2ccccn2)cc1)C[C@H](O)[C@H](Cc1ccccc1)NC(=O)[C@@H](NC(=O)OC)C(C)(C)C)C(C)(C)C. The maximum atomic E-state index is 13.9. The first kappa shape index (κ1) is 40.6. The molecule has 0 saturated carbocycles. The smallest absolute Gasteiger partial charge is 0.407 e. The number of aromatic nitrogens is 1. The molecular formula is C39H53N5O7. The van der Waals surface area contributed by atoms with E-state index in [1.54, 1.807) is 11.2 Å². The van der Waals surface area contributed by atoms with E-state index < -0.39 is 58.8 Å². The number of nitrogens with zero attached hydrogens (tertiary/aromatic N) is 2.